The lowest BCUT2D eigenvalue weighted by atomic mass is 9.84. The molecule has 2 aliphatic carbocycles. The van der Waals surface area contributed by atoms with Gasteiger partial charge in [0.15, 0.2) is 0 Å². The van der Waals surface area contributed by atoms with Crippen LogP contribution in [0, 0.1) is 17.8 Å². The smallest absolute Gasteiger partial charge is 0.271 e. The van der Waals surface area contributed by atoms with Crippen LogP contribution in [0.2, 0.25) is 5.02 Å². The van der Waals surface area contributed by atoms with Gasteiger partial charge in [0.05, 0.1) is 11.2 Å². The normalized spacial score (nSPS) is 29.6. The maximum absolute atomic E-state index is 12.4. The molecule has 0 unspecified atom stereocenters. The summed E-state index contributed by atoms with van der Waals surface area (Å²) in [4.78, 5) is 12.4. The van der Waals surface area contributed by atoms with E-state index >= 15 is 0 Å². The highest BCUT2D eigenvalue weighted by molar-refractivity contribution is 6.33. The predicted molar refractivity (Wildman–Crippen MR) is 78.8 cm³/mol. The Labute approximate surface area is 124 Å². The third-order valence-corrected chi connectivity index (χ3v) is 5.38. The Kier molecular flexibility index (Phi) is 3.76. The number of nitrogens with zero attached hydrogens (tertiary/aromatic N) is 2. The van der Waals surface area contributed by atoms with Crippen molar-refractivity contribution in [2.75, 3.05) is 0 Å². The van der Waals surface area contributed by atoms with Gasteiger partial charge in [0.1, 0.15) is 5.69 Å². The number of rotatable bonds is 4. The minimum Gasteiger partial charge on any atom is -0.348 e. The third kappa shape index (κ3) is 2.34. The molecule has 4 atom stereocenters. The molecule has 5 heteroatoms. The SMILES string of the molecule is CCn1ncc(Cl)c1C(=O)N[C@@H](C)[C@H]1C[C@H]2CC[C@H]1C2. The van der Waals surface area contributed by atoms with E-state index in [0.29, 0.717) is 23.2 Å². The van der Waals surface area contributed by atoms with E-state index in [1.165, 1.54) is 25.7 Å². The summed E-state index contributed by atoms with van der Waals surface area (Å²) in [6.45, 7) is 4.74. The Balaban J connectivity index is 1.68. The first-order valence-electron chi connectivity index (χ1n) is 7.62. The van der Waals surface area contributed by atoms with E-state index in [1.54, 1.807) is 10.9 Å². The molecule has 0 radical (unpaired) electrons. The van der Waals surface area contributed by atoms with Gasteiger partial charge in [-0.15, -0.1) is 0 Å². The van der Waals surface area contributed by atoms with Gasteiger partial charge in [-0.25, -0.2) is 0 Å². The van der Waals surface area contributed by atoms with Crippen molar-refractivity contribution in [2.24, 2.45) is 17.8 Å². The first kappa shape index (κ1) is 13.9. The lowest BCUT2D eigenvalue weighted by Crippen LogP contribution is -2.41. The van der Waals surface area contributed by atoms with Gasteiger partial charge in [-0.05, 0) is 50.9 Å². The molecule has 1 amide bonds. The highest BCUT2D eigenvalue weighted by Crippen LogP contribution is 2.49. The monoisotopic (exact) mass is 295 g/mol. The van der Waals surface area contributed by atoms with Gasteiger partial charge in [0, 0.05) is 12.6 Å². The van der Waals surface area contributed by atoms with E-state index in [2.05, 4.69) is 17.3 Å². The summed E-state index contributed by atoms with van der Waals surface area (Å²) in [6.07, 6.45) is 6.90. The van der Waals surface area contributed by atoms with Crippen molar-refractivity contribution < 1.29 is 4.79 Å². The summed E-state index contributed by atoms with van der Waals surface area (Å²) in [5, 5.41) is 7.70. The standard InChI is InChI=1S/C15H22ClN3O/c1-3-19-14(13(16)8-17-19)15(20)18-9(2)12-7-10-4-5-11(12)6-10/h8-12H,3-7H2,1-2H3,(H,18,20)/t9-,10-,11-,12+/m0/s1. The van der Waals surface area contributed by atoms with Gasteiger partial charge < -0.3 is 5.32 Å². The van der Waals surface area contributed by atoms with Crippen LogP contribution < -0.4 is 5.32 Å². The molecule has 1 heterocycles. The molecular formula is C15H22ClN3O. The van der Waals surface area contributed by atoms with Crippen molar-refractivity contribution >= 4 is 17.5 Å². The van der Waals surface area contributed by atoms with Crippen LogP contribution in [0.3, 0.4) is 0 Å². The Morgan fingerprint density at radius 2 is 2.35 bits per heavy atom. The molecule has 0 aliphatic heterocycles. The van der Waals surface area contributed by atoms with Crippen LogP contribution in [0.4, 0.5) is 0 Å². The fourth-order valence-electron chi connectivity index (χ4n) is 4.12. The van der Waals surface area contributed by atoms with Gasteiger partial charge in [0.25, 0.3) is 5.91 Å². The quantitative estimate of drug-likeness (QED) is 0.928. The molecule has 1 N–H and O–H groups in total. The molecule has 2 aliphatic rings. The van der Waals surface area contributed by atoms with Gasteiger partial charge >= 0.3 is 0 Å². The molecular weight excluding hydrogens is 274 g/mol. The highest BCUT2D eigenvalue weighted by Gasteiger charge is 2.42. The van der Waals surface area contributed by atoms with Crippen LogP contribution in [-0.2, 0) is 6.54 Å². The van der Waals surface area contributed by atoms with E-state index < -0.39 is 0 Å². The van der Waals surface area contributed by atoms with Crippen molar-refractivity contribution in [2.45, 2.75) is 52.1 Å². The molecule has 2 bridgehead atoms. The number of halogens is 1. The largest absolute Gasteiger partial charge is 0.348 e. The molecule has 0 saturated heterocycles. The molecule has 3 rings (SSSR count). The zero-order chi connectivity index (χ0) is 14.3. The molecule has 110 valence electrons. The summed E-state index contributed by atoms with van der Waals surface area (Å²) < 4.78 is 1.66. The van der Waals surface area contributed by atoms with Crippen molar-refractivity contribution in [3.63, 3.8) is 0 Å². The second kappa shape index (κ2) is 5.40. The van der Waals surface area contributed by atoms with Crippen molar-refractivity contribution in [3.05, 3.63) is 16.9 Å². The number of hydrogen-bond acceptors (Lipinski definition) is 2. The molecule has 0 spiro atoms. The predicted octanol–water partition coefficient (Wildman–Crippen LogP) is 3.11. The summed E-state index contributed by atoms with van der Waals surface area (Å²) in [5.74, 6) is 2.25. The Hall–Kier alpha value is -1.03. The van der Waals surface area contributed by atoms with Gasteiger partial charge in [0.2, 0.25) is 0 Å². The zero-order valence-electron chi connectivity index (χ0n) is 12.1. The fraction of sp³-hybridized carbons (Fsp3) is 0.733. The second-order valence-electron chi connectivity index (χ2n) is 6.26. The van der Waals surface area contributed by atoms with Crippen molar-refractivity contribution in [1.29, 1.82) is 0 Å². The van der Waals surface area contributed by atoms with Crippen molar-refractivity contribution in [3.8, 4) is 0 Å². The maximum Gasteiger partial charge on any atom is 0.271 e. The van der Waals surface area contributed by atoms with Crippen LogP contribution in [0.15, 0.2) is 6.20 Å². The van der Waals surface area contributed by atoms with Gasteiger partial charge in [-0.1, -0.05) is 18.0 Å². The first-order valence-corrected chi connectivity index (χ1v) is 8.00. The number of amides is 1. The van der Waals surface area contributed by atoms with Crippen LogP contribution >= 0.6 is 11.6 Å². The Morgan fingerprint density at radius 3 is 2.95 bits per heavy atom. The van der Waals surface area contributed by atoms with Crippen LogP contribution in [0.25, 0.3) is 0 Å². The number of carbonyl (C=O) groups is 1. The van der Waals surface area contributed by atoms with Crippen LogP contribution in [0.1, 0.15) is 50.0 Å². The van der Waals surface area contributed by atoms with E-state index in [-0.39, 0.29) is 11.9 Å². The van der Waals surface area contributed by atoms with Gasteiger partial charge in [-0.2, -0.15) is 5.10 Å². The van der Waals surface area contributed by atoms with Gasteiger partial charge in [-0.3, -0.25) is 9.48 Å². The Morgan fingerprint density at radius 1 is 1.55 bits per heavy atom. The van der Waals surface area contributed by atoms with Crippen molar-refractivity contribution in [1.82, 2.24) is 15.1 Å². The Bertz CT molecular complexity index is 513. The number of aryl methyl sites for hydroxylation is 1. The number of aromatic nitrogens is 2. The molecule has 2 saturated carbocycles. The lowest BCUT2D eigenvalue weighted by Gasteiger charge is -2.28. The van der Waals surface area contributed by atoms with E-state index in [0.717, 1.165) is 11.8 Å². The third-order valence-electron chi connectivity index (χ3n) is 5.10. The fourth-order valence-corrected chi connectivity index (χ4v) is 4.34. The number of carbonyl (C=O) groups excluding carboxylic acids is 1. The average molecular weight is 296 g/mol. The first-order chi connectivity index (χ1) is 9.60. The topological polar surface area (TPSA) is 46.9 Å². The zero-order valence-corrected chi connectivity index (χ0v) is 12.9. The number of fused-ring (bicyclic) bond motifs is 2. The molecule has 2 fully saturated rings. The second-order valence-corrected chi connectivity index (χ2v) is 6.66. The number of nitrogens with one attached hydrogen (secondary N) is 1. The highest BCUT2D eigenvalue weighted by atomic mass is 35.5. The minimum atomic E-state index is -0.0929. The number of hydrogen-bond donors (Lipinski definition) is 1. The lowest BCUT2D eigenvalue weighted by molar-refractivity contribution is 0.0904. The summed E-state index contributed by atoms with van der Waals surface area (Å²) in [7, 11) is 0. The average Bonchev–Trinajstić information content (AvgIpc) is 3.12. The van der Waals surface area contributed by atoms with E-state index in [4.69, 9.17) is 11.6 Å². The van der Waals surface area contributed by atoms with Crippen LogP contribution in [-0.4, -0.2) is 21.7 Å². The van der Waals surface area contributed by atoms with E-state index in [1.807, 2.05) is 6.92 Å². The van der Waals surface area contributed by atoms with E-state index in [9.17, 15) is 4.79 Å². The minimum absolute atomic E-state index is 0.0929. The molecule has 1 aromatic rings. The summed E-state index contributed by atoms with van der Waals surface area (Å²) >= 11 is 6.08. The summed E-state index contributed by atoms with van der Waals surface area (Å²) in [6, 6.07) is 0.217. The van der Waals surface area contributed by atoms with Crippen LogP contribution in [0.5, 0.6) is 0 Å². The maximum atomic E-state index is 12.4. The molecule has 0 aromatic carbocycles. The molecule has 1 aromatic heterocycles. The summed E-state index contributed by atoms with van der Waals surface area (Å²) in [5.41, 5.74) is 0.490. The molecule has 4 nitrogen and oxygen atoms in total. The molecule has 20 heavy (non-hydrogen) atoms.